The molecule has 4 rings (SSSR count). The molecular formula is C15H19N5O11P2. The predicted octanol–water partition coefficient (Wildman–Crippen LogP) is -0.700. The molecule has 4 heterocycles. The fourth-order valence-electron chi connectivity index (χ4n) is 3.65. The number of nitrogen functional groups attached to an aromatic ring is 1. The summed E-state index contributed by atoms with van der Waals surface area (Å²) in [5, 5.41) is 24.9. The molecule has 18 heteroatoms. The second-order valence-electron chi connectivity index (χ2n) is 7.48. The van der Waals surface area contributed by atoms with Crippen LogP contribution >= 0.6 is 15.6 Å². The van der Waals surface area contributed by atoms with E-state index in [4.69, 9.17) is 20.3 Å². The van der Waals surface area contributed by atoms with Crippen molar-refractivity contribution in [2.24, 2.45) is 4.99 Å². The third kappa shape index (κ3) is 4.46. The number of rotatable bonds is 6. The van der Waals surface area contributed by atoms with Crippen LogP contribution in [0, 0.1) is 0 Å². The van der Waals surface area contributed by atoms with Gasteiger partial charge in [0.25, 0.3) is 5.56 Å². The predicted molar refractivity (Wildman–Crippen MR) is 112 cm³/mol. The van der Waals surface area contributed by atoms with Crippen molar-refractivity contribution in [1.29, 1.82) is 0 Å². The van der Waals surface area contributed by atoms with E-state index in [0.29, 0.717) is 10.8 Å². The molecule has 0 amide bonds. The second kappa shape index (κ2) is 7.92. The van der Waals surface area contributed by atoms with Crippen LogP contribution in [0.15, 0.2) is 22.1 Å². The first-order chi connectivity index (χ1) is 15.2. The Morgan fingerprint density at radius 2 is 2.06 bits per heavy atom. The van der Waals surface area contributed by atoms with Gasteiger partial charge in [0, 0.05) is 23.3 Å². The lowest BCUT2D eigenvalue weighted by Gasteiger charge is -2.28. The first kappa shape index (κ1) is 23.9. The summed E-state index contributed by atoms with van der Waals surface area (Å²) in [6.07, 6.45) is -1.76. The van der Waals surface area contributed by atoms with Gasteiger partial charge in [-0.15, -0.1) is 0 Å². The molecule has 33 heavy (non-hydrogen) atoms. The molecule has 1 fully saturated rings. The Morgan fingerprint density at radius 1 is 1.36 bits per heavy atom. The van der Waals surface area contributed by atoms with Gasteiger partial charge in [0.05, 0.1) is 18.3 Å². The van der Waals surface area contributed by atoms with E-state index in [1.807, 2.05) is 0 Å². The molecule has 0 bridgehead atoms. The summed E-state index contributed by atoms with van der Waals surface area (Å²) in [4.78, 5) is 46.8. The lowest BCUT2D eigenvalue weighted by Crippen LogP contribution is -2.44. The third-order valence-corrected chi connectivity index (χ3v) is 7.21. The van der Waals surface area contributed by atoms with Gasteiger partial charge in [0.2, 0.25) is 0 Å². The lowest BCUT2D eigenvalue weighted by molar-refractivity contribution is -0.0954. The molecule has 0 aliphatic carbocycles. The summed E-state index contributed by atoms with van der Waals surface area (Å²) in [5.74, 6) is 0.342. The molecule has 180 valence electrons. The number of aliphatic hydroxyl groups is 2. The third-order valence-electron chi connectivity index (χ3n) is 5.06. The van der Waals surface area contributed by atoms with Gasteiger partial charge in [0.1, 0.15) is 29.4 Å². The SMILES string of the molecule is C[C@@]1(O)[C@H](O)[C@@H](COP(=O)(O)OP(=O)(O)O)O[C@H]1n1cc2c(N)cc(=O)nc3c2c1N=CN3. The van der Waals surface area contributed by atoms with E-state index < -0.39 is 51.8 Å². The van der Waals surface area contributed by atoms with Gasteiger partial charge >= 0.3 is 15.6 Å². The number of hydrogen-bond donors (Lipinski definition) is 7. The van der Waals surface area contributed by atoms with Crippen molar-refractivity contribution in [2.45, 2.75) is 31.0 Å². The number of ether oxygens (including phenoxy) is 1. The Labute approximate surface area is 184 Å². The van der Waals surface area contributed by atoms with E-state index in [9.17, 15) is 29.0 Å². The van der Waals surface area contributed by atoms with Crippen LogP contribution in [0.4, 0.5) is 17.3 Å². The van der Waals surface area contributed by atoms with Crippen molar-refractivity contribution in [3.05, 3.63) is 22.6 Å². The highest BCUT2D eigenvalue weighted by Crippen LogP contribution is 2.58. The fraction of sp³-hybridized carbons (Fsp3) is 0.400. The van der Waals surface area contributed by atoms with Gasteiger partial charge in [-0.05, 0) is 6.92 Å². The Balaban J connectivity index is 1.69. The maximum Gasteiger partial charge on any atom is 0.481 e. The average molecular weight is 507 g/mol. The number of phosphoric ester groups is 1. The zero-order valence-corrected chi connectivity index (χ0v) is 18.5. The molecule has 0 radical (unpaired) electrons. The molecule has 1 saturated heterocycles. The minimum absolute atomic E-state index is 0.0709. The molecule has 0 spiro atoms. The van der Waals surface area contributed by atoms with Crippen molar-refractivity contribution >= 4 is 50.1 Å². The van der Waals surface area contributed by atoms with Crippen molar-refractivity contribution in [3.8, 4) is 0 Å². The van der Waals surface area contributed by atoms with E-state index >= 15 is 0 Å². The Hall–Kier alpha value is -2.23. The standard InChI is InChI=1S/C15H19N5O11P2/c1-15(23)11(22)8(4-29-33(27,28)31-32(24,25)26)30-14(15)20-3-6-7(16)2-9(21)19-12-10(6)13(20)18-5-17-12/h2-3,5,8,11,14,22-23H,4,16H2,1H3,(H,27,28)(H2,24,25,26)(H,17,18,19,21)/t8-,11-,14-,15-/m1/s1. The number of nitrogens with zero attached hydrogens (tertiary/aromatic N) is 3. The van der Waals surface area contributed by atoms with Crippen LogP contribution in [0.1, 0.15) is 13.2 Å². The number of aromatic nitrogens is 2. The van der Waals surface area contributed by atoms with E-state index in [2.05, 4.69) is 24.1 Å². The van der Waals surface area contributed by atoms with Gasteiger partial charge in [-0.3, -0.25) is 9.32 Å². The van der Waals surface area contributed by atoms with Crippen molar-refractivity contribution in [3.63, 3.8) is 0 Å². The average Bonchev–Trinajstić information content (AvgIpc) is 3.10. The Kier molecular flexibility index (Phi) is 5.74. The summed E-state index contributed by atoms with van der Waals surface area (Å²) in [7, 11) is -10.6. The first-order valence-corrected chi connectivity index (χ1v) is 12.2. The van der Waals surface area contributed by atoms with E-state index in [-0.39, 0.29) is 17.3 Å². The molecule has 1 unspecified atom stereocenters. The van der Waals surface area contributed by atoms with Crippen LogP contribution < -0.4 is 16.6 Å². The highest BCUT2D eigenvalue weighted by Gasteiger charge is 2.54. The highest BCUT2D eigenvalue weighted by molar-refractivity contribution is 7.60. The molecule has 2 aliphatic heterocycles. The molecule has 5 atom stereocenters. The fourth-order valence-corrected chi connectivity index (χ4v) is 5.25. The van der Waals surface area contributed by atoms with Gasteiger partial charge < -0.3 is 45.2 Å². The van der Waals surface area contributed by atoms with E-state index in [0.717, 1.165) is 6.07 Å². The van der Waals surface area contributed by atoms with Crippen molar-refractivity contribution in [2.75, 3.05) is 17.7 Å². The minimum atomic E-state index is -5.35. The summed E-state index contributed by atoms with van der Waals surface area (Å²) in [6.45, 7) is 0.361. The number of nitrogens with one attached hydrogen (secondary N) is 1. The van der Waals surface area contributed by atoms with Crippen LogP contribution in [-0.2, 0) is 22.7 Å². The quantitative estimate of drug-likeness (QED) is 0.239. The van der Waals surface area contributed by atoms with E-state index in [1.54, 1.807) is 0 Å². The minimum Gasteiger partial charge on any atom is -0.398 e. The maximum absolute atomic E-state index is 11.9. The number of hydrogen-bond acceptors (Lipinski definition) is 12. The zero-order valence-electron chi connectivity index (χ0n) is 16.7. The molecule has 8 N–H and O–H groups in total. The van der Waals surface area contributed by atoms with Crippen molar-refractivity contribution < 1.29 is 47.6 Å². The summed E-state index contributed by atoms with van der Waals surface area (Å²) in [5.41, 5.74) is 3.46. The largest absolute Gasteiger partial charge is 0.481 e. The lowest BCUT2D eigenvalue weighted by atomic mass is 9.96. The van der Waals surface area contributed by atoms with Crippen LogP contribution in [-0.4, -0.2) is 65.2 Å². The molecule has 2 aliphatic rings. The summed E-state index contributed by atoms with van der Waals surface area (Å²) in [6, 6.07) is 1.10. The van der Waals surface area contributed by atoms with Gasteiger partial charge in [-0.1, -0.05) is 0 Å². The zero-order chi connectivity index (χ0) is 24.3. The summed E-state index contributed by atoms with van der Waals surface area (Å²) < 4.78 is 37.7. The van der Waals surface area contributed by atoms with Crippen LogP contribution in [0.3, 0.4) is 0 Å². The molecule has 0 saturated carbocycles. The number of nitrogens with two attached hydrogens (primary N) is 1. The smallest absolute Gasteiger partial charge is 0.398 e. The van der Waals surface area contributed by atoms with Gasteiger partial charge in [-0.25, -0.2) is 14.1 Å². The van der Waals surface area contributed by atoms with Crippen LogP contribution in [0.25, 0.3) is 10.8 Å². The highest BCUT2D eigenvalue weighted by atomic mass is 31.3. The Bertz CT molecular complexity index is 1310. The second-order valence-corrected chi connectivity index (χ2v) is 10.3. The number of phosphoric acid groups is 2. The van der Waals surface area contributed by atoms with E-state index in [1.165, 1.54) is 24.0 Å². The first-order valence-electron chi connectivity index (χ1n) is 9.14. The topological polar surface area (TPSA) is 248 Å². The number of aliphatic hydroxyl groups excluding tert-OH is 1. The normalized spacial score (nSPS) is 28.6. The van der Waals surface area contributed by atoms with Crippen LogP contribution in [0.2, 0.25) is 0 Å². The Morgan fingerprint density at radius 3 is 2.73 bits per heavy atom. The van der Waals surface area contributed by atoms with Gasteiger partial charge in [0.15, 0.2) is 6.23 Å². The molecule has 0 aromatic carbocycles. The van der Waals surface area contributed by atoms with Gasteiger partial charge in [-0.2, -0.15) is 9.29 Å². The number of aliphatic imine (C=N–C) groups is 1. The summed E-state index contributed by atoms with van der Waals surface area (Å²) >= 11 is 0. The number of anilines is 2. The monoisotopic (exact) mass is 507 g/mol. The maximum atomic E-state index is 11.9. The van der Waals surface area contributed by atoms with Crippen molar-refractivity contribution in [1.82, 2.24) is 9.55 Å². The molecule has 16 nitrogen and oxygen atoms in total. The van der Waals surface area contributed by atoms with Crippen LogP contribution in [0.5, 0.6) is 0 Å². The molecular weight excluding hydrogens is 488 g/mol. The molecule has 2 aromatic heterocycles. The molecule has 2 aromatic rings.